The van der Waals surface area contributed by atoms with Gasteiger partial charge < -0.3 is 24.4 Å². The molecule has 2 aromatic rings. The second-order valence-electron chi connectivity index (χ2n) is 8.16. The van der Waals surface area contributed by atoms with E-state index in [2.05, 4.69) is 11.4 Å². The Kier molecular flexibility index (Phi) is 5.88. The van der Waals surface area contributed by atoms with Crippen LogP contribution in [0.5, 0.6) is 11.5 Å². The smallest absolute Gasteiger partial charge is 0.257 e. The highest BCUT2D eigenvalue weighted by Crippen LogP contribution is 2.40. The van der Waals surface area contributed by atoms with Gasteiger partial charge in [0.25, 0.3) is 5.91 Å². The molecule has 3 aliphatic rings. The predicted octanol–water partition coefficient (Wildman–Crippen LogP) is 2.81. The summed E-state index contributed by atoms with van der Waals surface area (Å²) in [4.78, 5) is 19.8. The lowest BCUT2D eigenvalue weighted by molar-refractivity contribution is 0.0298. The molecule has 0 saturated carbocycles. The summed E-state index contributed by atoms with van der Waals surface area (Å²) < 4.78 is 17.3. The van der Waals surface area contributed by atoms with Crippen molar-refractivity contribution in [3.05, 3.63) is 52.4 Å². The van der Waals surface area contributed by atoms with Crippen LogP contribution in [0.25, 0.3) is 5.57 Å². The molecule has 2 aliphatic heterocycles. The Morgan fingerprint density at radius 3 is 2.73 bits per heavy atom. The number of nitrogens with one attached hydrogen (secondary N) is 1. The molecule has 8 nitrogen and oxygen atoms in total. The van der Waals surface area contributed by atoms with E-state index in [4.69, 9.17) is 19.2 Å². The molecule has 1 aromatic heterocycles. The second-order valence-corrected chi connectivity index (χ2v) is 8.16. The third-order valence-corrected chi connectivity index (χ3v) is 6.07. The molecule has 1 saturated heterocycles. The number of allylic oxidation sites excluding steroid dienone is 2. The summed E-state index contributed by atoms with van der Waals surface area (Å²) in [6.07, 6.45) is 3.10. The number of carbonyl (C=O) groups is 1. The first-order chi connectivity index (χ1) is 16.2. The summed E-state index contributed by atoms with van der Waals surface area (Å²) >= 11 is 0. The molecule has 1 N–H and O–H groups in total. The molecule has 0 spiro atoms. The third-order valence-electron chi connectivity index (χ3n) is 6.07. The van der Waals surface area contributed by atoms with Crippen LogP contribution in [-0.2, 0) is 17.6 Å². The van der Waals surface area contributed by atoms with E-state index in [9.17, 15) is 10.1 Å². The van der Waals surface area contributed by atoms with Gasteiger partial charge >= 0.3 is 0 Å². The van der Waals surface area contributed by atoms with E-state index in [-0.39, 0.29) is 5.91 Å². The topological polar surface area (TPSA) is 96.7 Å². The van der Waals surface area contributed by atoms with Gasteiger partial charge in [0.05, 0.1) is 36.1 Å². The first kappa shape index (κ1) is 21.3. The highest BCUT2D eigenvalue weighted by atomic mass is 16.6. The van der Waals surface area contributed by atoms with Crippen molar-refractivity contribution in [1.82, 2.24) is 9.88 Å². The molecule has 0 bridgehead atoms. The molecule has 33 heavy (non-hydrogen) atoms. The Morgan fingerprint density at radius 1 is 1.18 bits per heavy atom. The maximum atomic E-state index is 13.1. The molecule has 0 unspecified atom stereocenters. The Morgan fingerprint density at radius 2 is 1.97 bits per heavy atom. The lowest BCUT2D eigenvalue weighted by Gasteiger charge is -2.29. The predicted molar refractivity (Wildman–Crippen MR) is 123 cm³/mol. The average molecular weight is 447 g/mol. The second kappa shape index (κ2) is 9.12. The van der Waals surface area contributed by atoms with Gasteiger partial charge in [-0.25, -0.2) is 0 Å². The van der Waals surface area contributed by atoms with Crippen LogP contribution >= 0.6 is 0 Å². The van der Waals surface area contributed by atoms with E-state index in [1.165, 1.54) is 0 Å². The maximum Gasteiger partial charge on any atom is 0.257 e. The maximum absolute atomic E-state index is 13.1. The molecule has 3 heterocycles. The zero-order valence-electron chi connectivity index (χ0n) is 18.6. The minimum Gasteiger partial charge on any atom is -0.486 e. The van der Waals surface area contributed by atoms with E-state index < -0.39 is 0 Å². The standard InChI is InChI=1S/C25H26N4O4/c1-2-27-21-14-18(28-20-6-4-17(15-26)22(20)21)13-16-3-5-19(24-23(16)32-11-12-33-24)25(30)29-7-9-31-10-8-29/h3-5,14H,2,6-13H2,1H3,(H,27,28). The number of carbonyl (C=O) groups excluding carboxylic acids is 1. The minimum atomic E-state index is -0.0632. The van der Waals surface area contributed by atoms with Gasteiger partial charge in [-0.1, -0.05) is 12.1 Å². The zero-order valence-corrected chi connectivity index (χ0v) is 18.6. The van der Waals surface area contributed by atoms with Gasteiger partial charge in [0.2, 0.25) is 0 Å². The molecule has 170 valence electrons. The largest absolute Gasteiger partial charge is 0.486 e. The van der Waals surface area contributed by atoms with E-state index in [1.54, 1.807) is 4.90 Å². The number of fused-ring (bicyclic) bond motifs is 2. The van der Waals surface area contributed by atoms with Crippen molar-refractivity contribution >= 4 is 17.2 Å². The molecular formula is C25H26N4O4. The number of amides is 1. The molecular weight excluding hydrogens is 420 g/mol. The van der Waals surface area contributed by atoms with Gasteiger partial charge in [-0.3, -0.25) is 9.78 Å². The molecule has 0 atom stereocenters. The normalized spacial score (nSPS) is 16.6. The van der Waals surface area contributed by atoms with Crippen LogP contribution in [0.2, 0.25) is 0 Å². The average Bonchev–Trinajstić information content (AvgIpc) is 3.28. The number of nitriles is 1. The number of pyridine rings is 1. The summed E-state index contributed by atoms with van der Waals surface area (Å²) in [6.45, 7) is 5.85. The third kappa shape index (κ3) is 4.00. The number of anilines is 1. The summed E-state index contributed by atoms with van der Waals surface area (Å²) in [6, 6.07) is 8.04. The van der Waals surface area contributed by atoms with E-state index >= 15 is 0 Å². The number of nitrogens with zero attached hydrogens (tertiary/aromatic N) is 3. The zero-order chi connectivity index (χ0) is 22.8. The molecule has 5 rings (SSSR count). The summed E-state index contributed by atoms with van der Waals surface area (Å²) in [5, 5.41) is 12.8. The van der Waals surface area contributed by atoms with Gasteiger partial charge in [0.1, 0.15) is 13.2 Å². The van der Waals surface area contributed by atoms with Crippen molar-refractivity contribution in [3.8, 4) is 17.6 Å². The van der Waals surface area contributed by atoms with Crippen LogP contribution in [0.15, 0.2) is 24.3 Å². The molecule has 1 fully saturated rings. The van der Waals surface area contributed by atoms with Crippen LogP contribution in [0.4, 0.5) is 5.69 Å². The van der Waals surface area contributed by atoms with E-state index in [0.717, 1.165) is 34.7 Å². The molecule has 8 heteroatoms. The van der Waals surface area contributed by atoms with Gasteiger partial charge in [0.15, 0.2) is 11.5 Å². The van der Waals surface area contributed by atoms with Gasteiger partial charge in [-0.2, -0.15) is 5.26 Å². The molecule has 1 amide bonds. The van der Waals surface area contributed by atoms with Crippen molar-refractivity contribution in [2.75, 3.05) is 51.4 Å². The fourth-order valence-corrected chi connectivity index (χ4v) is 4.56. The number of hydrogen-bond acceptors (Lipinski definition) is 7. The quantitative estimate of drug-likeness (QED) is 0.754. The fourth-order valence-electron chi connectivity index (χ4n) is 4.56. The van der Waals surface area contributed by atoms with E-state index in [0.29, 0.717) is 75.0 Å². The Hall–Kier alpha value is -3.57. The Labute approximate surface area is 192 Å². The molecule has 0 radical (unpaired) electrons. The van der Waals surface area contributed by atoms with Crippen LogP contribution in [0, 0.1) is 11.3 Å². The first-order valence-electron chi connectivity index (χ1n) is 11.4. The number of aromatic nitrogens is 1. The highest BCUT2D eigenvalue weighted by Gasteiger charge is 2.28. The van der Waals surface area contributed by atoms with Crippen LogP contribution < -0.4 is 14.8 Å². The summed E-state index contributed by atoms with van der Waals surface area (Å²) in [5.41, 5.74) is 5.72. The number of morpholine rings is 1. The number of ether oxygens (including phenoxy) is 3. The van der Waals surface area contributed by atoms with Gasteiger partial charge in [0, 0.05) is 55.0 Å². The van der Waals surface area contributed by atoms with Crippen molar-refractivity contribution in [2.45, 2.75) is 19.8 Å². The monoisotopic (exact) mass is 446 g/mol. The van der Waals surface area contributed by atoms with Crippen molar-refractivity contribution < 1.29 is 19.0 Å². The Balaban J connectivity index is 1.48. The van der Waals surface area contributed by atoms with Crippen molar-refractivity contribution in [1.29, 1.82) is 5.26 Å². The van der Waals surface area contributed by atoms with Crippen molar-refractivity contribution in [2.24, 2.45) is 0 Å². The lowest BCUT2D eigenvalue weighted by atomic mass is 10.0. The number of hydrogen-bond donors (Lipinski definition) is 1. The van der Waals surface area contributed by atoms with E-state index in [1.807, 2.05) is 31.2 Å². The van der Waals surface area contributed by atoms with Crippen LogP contribution in [-0.4, -0.2) is 61.9 Å². The van der Waals surface area contributed by atoms with Crippen molar-refractivity contribution in [3.63, 3.8) is 0 Å². The fraction of sp³-hybridized carbons (Fsp3) is 0.400. The van der Waals surface area contributed by atoms with Crippen LogP contribution in [0.1, 0.15) is 39.8 Å². The lowest BCUT2D eigenvalue weighted by Crippen LogP contribution is -2.41. The molecule has 1 aliphatic carbocycles. The first-order valence-corrected chi connectivity index (χ1v) is 11.4. The molecule has 1 aromatic carbocycles. The van der Waals surface area contributed by atoms with Gasteiger partial charge in [-0.05, 0) is 19.1 Å². The van der Waals surface area contributed by atoms with Crippen LogP contribution in [0.3, 0.4) is 0 Å². The Bertz CT molecular complexity index is 1160. The summed E-state index contributed by atoms with van der Waals surface area (Å²) in [5.74, 6) is 1.06. The minimum absolute atomic E-state index is 0.0632. The van der Waals surface area contributed by atoms with Gasteiger partial charge in [-0.15, -0.1) is 0 Å². The SMILES string of the molecule is CCNc1cc(Cc2ccc(C(=O)N3CCOCC3)c3c2OCCO3)nc2c1C(C#N)=CC2. The highest BCUT2D eigenvalue weighted by molar-refractivity contribution is 5.98. The number of benzene rings is 1. The summed E-state index contributed by atoms with van der Waals surface area (Å²) in [7, 11) is 0. The number of rotatable bonds is 5.